The van der Waals surface area contributed by atoms with Crippen LogP contribution in [0.5, 0.6) is 0 Å². The van der Waals surface area contributed by atoms with Crippen molar-refractivity contribution in [2.75, 3.05) is 0 Å². The number of halogens is 1. The predicted octanol–water partition coefficient (Wildman–Crippen LogP) is 5.09. The molecule has 0 saturated heterocycles. The van der Waals surface area contributed by atoms with Crippen LogP contribution in [0, 0.1) is 5.92 Å². The molecule has 0 N–H and O–H groups in total. The van der Waals surface area contributed by atoms with E-state index < -0.39 is 0 Å². The minimum Gasteiger partial charge on any atom is -0.439 e. The van der Waals surface area contributed by atoms with Crippen molar-refractivity contribution in [3.05, 3.63) is 28.1 Å². The van der Waals surface area contributed by atoms with E-state index in [1.807, 2.05) is 0 Å². The van der Waals surface area contributed by atoms with Crippen molar-refractivity contribution >= 4 is 27.0 Å². The van der Waals surface area contributed by atoms with E-state index in [9.17, 15) is 0 Å². The second-order valence-corrected chi connectivity index (χ2v) is 7.12. The van der Waals surface area contributed by atoms with Gasteiger partial charge in [-0.25, -0.2) is 4.98 Å². The Morgan fingerprint density at radius 3 is 2.50 bits per heavy atom. The molecule has 0 amide bonds. The van der Waals surface area contributed by atoms with Gasteiger partial charge in [-0.05, 0) is 45.0 Å². The van der Waals surface area contributed by atoms with Gasteiger partial charge in [-0.1, -0.05) is 34.6 Å². The summed E-state index contributed by atoms with van der Waals surface area (Å²) in [6, 6.07) is 4.26. The highest BCUT2D eigenvalue weighted by molar-refractivity contribution is 9.10. The summed E-state index contributed by atoms with van der Waals surface area (Å²) in [4.78, 5) is 4.59. The van der Waals surface area contributed by atoms with E-state index in [-0.39, 0.29) is 5.41 Å². The Morgan fingerprint density at radius 1 is 1.28 bits per heavy atom. The molecule has 1 aromatic heterocycles. The third-order valence-corrected chi connectivity index (χ3v) is 3.53. The second-order valence-electron chi connectivity index (χ2n) is 6.26. The fourth-order valence-corrected chi connectivity index (χ4v) is 2.44. The normalized spacial score (nSPS) is 12.6. The highest BCUT2D eigenvalue weighted by atomic mass is 79.9. The maximum atomic E-state index is 5.82. The van der Waals surface area contributed by atoms with Crippen LogP contribution in [0.4, 0.5) is 0 Å². The van der Waals surface area contributed by atoms with Crippen LogP contribution in [0.1, 0.15) is 46.1 Å². The summed E-state index contributed by atoms with van der Waals surface area (Å²) < 4.78 is 6.81. The third kappa shape index (κ3) is 2.77. The van der Waals surface area contributed by atoms with Crippen LogP contribution in [-0.2, 0) is 11.8 Å². The Bertz CT molecular complexity index is 564. The molecule has 0 aliphatic carbocycles. The fraction of sp³-hybridized carbons (Fsp3) is 0.533. The summed E-state index contributed by atoms with van der Waals surface area (Å²) in [5.74, 6) is 1.38. The van der Waals surface area contributed by atoms with Crippen LogP contribution in [0.2, 0.25) is 0 Å². The summed E-state index contributed by atoms with van der Waals surface area (Å²) in [7, 11) is 0. The maximum Gasteiger partial charge on any atom is 0.195 e. The Morgan fingerprint density at radius 2 is 1.94 bits per heavy atom. The van der Waals surface area contributed by atoms with Gasteiger partial charge in [-0.15, -0.1) is 0 Å². The number of oxazole rings is 1. The Kier molecular flexibility index (Phi) is 3.54. The van der Waals surface area contributed by atoms with Crippen LogP contribution in [-0.4, -0.2) is 4.98 Å². The van der Waals surface area contributed by atoms with Gasteiger partial charge < -0.3 is 4.42 Å². The first-order valence-electron chi connectivity index (χ1n) is 6.37. The van der Waals surface area contributed by atoms with E-state index in [4.69, 9.17) is 4.42 Å². The highest BCUT2D eigenvalue weighted by Gasteiger charge is 2.18. The molecule has 0 spiro atoms. The minimum atomic E-state index is 0.119. The first kappa shape index (κ1) is 13.6. The molecule has 2 rings (SSSR count). The molecule has 0 bridgehead atoms. The topological polar surface area (TPSA) is 26.0 Å². The molecule has 2 nitrogen and oxygen atoms in total. The molecular formula is C15H20BrNO. The number of hydrogen-bond donors (Lipinski definition) is 0. The zero-order chi connectivity index (χ0) is 13.5. The van der Waals surface area contributed by atoms with Crippen LogP contribution in [0.25, 0.3) is 11.1 Å². The second kappa shape index (κ2) is 4.69. The molecule has 0 aliphatic rings. The molecule has 3 heteroatoms. The van der Waals surface area contributed by atoms with Gasteiger partial charge >= 0.3 is 0 Å². The Balaban J connectivity index is 2.52. The zero-order valence-corrected chi connectivity index (χ0v) is 13.3. The van der Waals surface area contributed by atoms with Crippen molar-refractivity contribution in [1.29, 1.82) is 0 Å². The average Bonchev–Trinajstić information content (AvgIpc) is 2.58. The maximum absolute atomic E-state index is 5.82. The number of aromatic nitrogens is 1. The van der Waals surface area contributed by atoms with E-state index in [1.54, 1.807) is 0 Å². The molecule has 1 aromatic carbocycles. The molecule has 0 saturated carbocycles. The van der Waals surface area contributed by atoms with Gasteiger partial charge in [0.25, 0.3) is 0 Å². The Labute approximate surface area is 117 Å². The lowest BCUT2D eigenvalue weighted by Crippen LogP contribution is -2.10. The number of benzene rings is 1. The van der Waals surface area contributed by atoms with Crippen molar-refractivity contribution in [2.24, 2.45) is 5.92 Å². The molecule has 0 aliphatic heterocycles. The minimum absolute atomic E-state index is 0.119. The molecule has 0 radical (unpaired) electrons. The molecular weight excluding hydrogens is 290 g/mol. The van der Waals surface area contributed by atoms with Gasteiger partial charge in [0.1, 0.15) is 5.52 Å². The monoisotopic (exact) mass is 309 g/mol. The molecule has 18 heavy (non-hydrogen) atoms. The molecule has 0 fully saturated rings. The first-order valence-corrected chi connectivity index (χ1v) is 7.16. The van der Waals surface area contributed by atoms with E-state index in [0.29, 0.717) is 5.92 Å². The van der Waals surface area contributed by atoms with Gasteiger partial charge in [0, 0.05) is 6.42 Å². The van der Waals surface area contributed by atoms with Gasteiger partial charge in [-0.2, -0.15) is 0 Å². The Hall–Kier alpha value is -0.830. The SMILES string of the molecule is CC(C)Cc1nc2cc(C(C)(C)C)cc(Br)c2o1. The van der Waals surface area contributed by atoms with Crippen molar-refractivity contribution in [1.82, 2.24) is 4.98 Å². The van der Waals surface area contributed by atoms with E-state index in [0.717, 1.165) is 27.9 Å². The largest absolute Gasteiger partial charge is 0.439 e. The number of rotatable bonds is 2. The lowest BCUT2D eigenvalue weighted by Gasteiger charge is -2.18. The third-order valence-electron chi connectivity index (χ3n) is 2.94. The van der Waals surface area contributed by atoms with Crippen molar-refractivity contribution < 1.29 is 4.42 Å². The van der Waals surface area contributed by atoms with Crippen LogP contribution in [0.15, 0.2) is 21.0 Å². The van der Waals surface area contributed by atoms with Crippen LogP contribution in [0.3, 0.4) is 0 Å². The van der Waals surface area contributed by atoms with Crippen LogP contribution >= 0.6 is 15.9 Å². The molecule has 1 heterocycles. The molecule has 0 unspecified atom stereocenters. The molecule has 2 aromatic rings. The van der Waals surface area contributed by atoms with E-state index in [2.05, 4.69) is 67.7 Å². The van der Waals surface area contributed by atoms with Gasteiger partial charge in [-0.3, -0.25) is 0 Å². The predicted molar refractivity (Wildman–Crippen MR) is 79.0 cm³/mol. The van der Waals surface area contributed by atoms with Crippen molar-refractivity contribution in [3.63, 3.8) is 0 Å². The lowest BCUT2D eigenvalue weighted by molar-refractivity contribution is 0.481. The van der Waals surface area contributed by atoms with Crippen LogP contribution < -0.4 is 0 Å². The van der Waals surface area contributed by atoms with Gasteiger partial charge in [0.2, 0.25) is 0 Å². The standard InChI is InChI=1S/C15H20BrNO/c1-9(2)6-13-17-12-8-10(15(3,4)5)7-11(16)14(12)18-13/h7-9H,6H2,1-5H3. The summed E-state index contributed by atoms with van der Waals surface area (Å²) in [6.45, 7) is 11.0. The number of fused-ring (bicyclic) bond motifs is 1. The fourth-order valence-electron chi connectivity index (χ4n) is 1.91. The highest BCUT2D eigenvalue weighted by Crippen LogP contribution is 2.32. The van der Waals surface area contributed by atoms with Crippen molar-refractivity contribution in [2.45, 2.75) is 46.5 Å². The summed E-state index contributed by atoms with van der Waals surface area (Å²) in [5, 5.41) is 0. The quantitative estimate of drug-likeness (QED) is 0.772. The van der Waals surface area contributed by atoms with E-state index >= 15 is 0 Å². The molecule has 98 valence electrons. The lowest BCUT2D eigenvalue weighted by atomic mass is 9.87. The molecule has 0 atom stereocenters. The van der Waals surface area contributed by atoms with Gasteiger partial charge in [0.05, 0.1) is 4.47 Å². The summed E-state index contributed by atoms with van der Waals surface area (Å²) >= 11 is 3.59. The van der Waals surface area contributed by atoms with Gasteiger partial charge in [0.15, 0.2) is 11.5 Å². The average molecular weight is 310 g/mol. The summed E-state index contributed by atoms with van der Waals surface area (Å²) in [6.07, 6.45) is 0.881. The van der Waals surface area contributed by atoms with E-state index in [1.165, 1.54) is 5.56 Å². The van der Waals surface area contributed by atoms with Crippen molar-refractivity contribution in [3.8, 4) is 0 Å². The number of hydrogen-bond acceptors (Lipinski definition) is 2. The summed E-state index contributed by atoms with van der Waals surface area (Å²) in [5.41, 5.74) is 3.20. The zero-order valence-electron chi connectivity index (χ0n) is 11.7. The smallest absolute Gasteiger partial charge is 0.195 e. The number of nitrogens with zero attached hydrogens (tertiary/aromatic N) is 1. The first-order chi connectivity index (χ1) is 8.27.